The molecule has 1 amide bonds. The van der Waals surface area contributed by atoms with E-state index >= 15 is 0 Å². The Bertz CT molecular complexity index is 936. The van der Waals surface area contributed by atoms with Crippen molar-refractivity contribution in [1.29, 1.82) is 0 Å². The minimum Gasteiger partial charge on any atom is -0.497 e. The number of nitrogens with zero attached hydrogens (tertiary/aromatic N) is 3. The van der Waals surface area contributed by atoms with Crippen LogP contribution in [-0.4, -0.2) is 49.7 Å². The van der Waals surface area contributed by atoms with E-state index in [-0.39, 0.29) is 5.91 Å². The van der Waals surface area contributed by atoms with Gasteiger partial charge in [-0.1, -0.05) is 12.1 Å². The van der Waals surface area contributed by atoms with Crippen molar-refractivity contribution in [3.8, 4) is 5.75 Å². The number of fused-ring (bicyclic) bond motifs is 1. The number of anilines is 2. The monoisotopic (exact) mass is 451 g/mol. The van der Waals surface area contributed by atoms with Crippen LogP contribution in [0.4, 0.5) is 11.8 Å². The molecular weight excluding hydrogens is 414 g/mol. The SMILES string of the molecule is COc1ccc(CC(=O)NC[C@H]2CC[C@@H](Nc3nc4c(c(N(C)C)n3)CCCC4)CC2)cc1. The number of amides is 1. The third-order valence-corrected chi connectivity index (χ3v) is 6.88. The second-order valence-electron chi connectivity index (χ2n) is 9.59. The predicted octanol–water partition coefficient (Wildman–Crippen LogP) is 3.76. The fraction of sp³-hybridized carbons (Fsp3) is 0.577. The van der Waals surface area contributed by atoms with Crippen LogP contribution in [0.25, 0.3) is 0 Å². The van der Waals surface area contributed by atoms with Crippen LogP contribution in [0, 0.1) is 5.92 Å². The number of carbonyl (C=O) groups excluding carboxylic acids is 1. The smallest absolute Gasteiger partial charge is 0.225 e. The largest absolute Gasteiger partial charge is 0.497 e. The van der Waals surface area contributed by atoms with Crippen LogP contribution >= 0.6 is 0 Å². The Morgan fingerprint density at radius 3 is 2.48 bits per heavy atom. The van der Waals surface area contributed by atoms with Gasteiger partial charge in [-0.3, -0.25) is 4.79 Å². The van der Waals surface area contributed by atoms with Crippen molar-refractivity contribution in [2.75, 3.05) is 38.0 Å². The molecule has 0 atom stereocenters. The Balaban J connectivity index is 1.24. The molecule has 1 heterocycles. The normalized spacial score (nSPS) is 20.0. The highest BCUT2D eigenvalue weighted by atomic mass is 16.5. The van der Waals surface area contributed by atoms with Gasteiger partial charge in [0.15, 0.2) is 0 Å². The first-order valence-corrected chi connectivity index (χ1v) is 12.2. The lowest BCUT2D eigenvalue weighted by atomic mass is 9.86. The molecule has 4 rings (SSSR count). The van der Waals surface area contributed by atoms with Crippen LogP contribution in [0.15, 0.2) is 24.3 Å². The van der Waals surface area contributed by atoms with Gasteiger partial charge in [-0.25, -0.2) is 4.98 Å². The molecule has 0 radical (unpaired) electrons. The van der Waals surface area contributed by atoms with E-state index in [1.807, 2.05) is 24.3 Å². The Hall–Kier alpha value is -2.83. The first-order chi connectivity index (χ1) is 16.0. The summed E-state index contributed by atoms with van der Waals surface area (Å²) in [7, 11) is 5.77. The lowest BCUT2D eigenvalue weighted by Crippen LogP contribution is -2.35. The standard InChI is InChI=1S/C26H37N5O2/c1-31(2)25-22-6-4-5-7-23(22)29-26(30-25)28-20-12-8-19(9-13-20)17-27-24(32)16-18-10-14-21(33-3)15-11-18/h10-11,14-15,19-20H,4-9,12-13,16-17H2,1-3H3,(H,27,32)(H,28,29,30)/t19-,20+. The Labute approximate surface area is 197 Å². The van der Waals surface area contributed by atoms with Gasteiger partial charge >= 0.3 is 0 Å². The van der Waals surface area contributed by atoms with Crippen molar-refractivity contribution in [1.82, 2.24) is 15.3 Å². The average molecular weight is 452 g/mol. The third kappa shape index (κ3) is 6.15. The summed E-state index contributed by atoms with van der Waals surface area (Å²) in [6.07, 6.45) is 9.35. The summed E-state index contributed by atoms with van der Waals surface area (Å²) in [5.74, 6) is 3.26. The van der Waals surface area contributed by atoms with Crippen molar-refractivity contribution in [2.24, 2.45) is 5.92 Å². The molecule has 178 valence electrons. The summed E-state index contributed by atoms with van der Waals surface area (Å²) < 4.78 is 5.17. The highest BCUT2D eigenvalue weighted by molar-refractivity contribution is 5.78. The first kappa shape index (κ1) is 23.3. The van der Waals surface area contributed by atoms with Gasteiger partial charge in [-0.2, -0.15) is 4.98 Å². The van der Waals surface area contributed by atoms with Gasteiger partial charge < -0.3 is 20.3 Å². The number of rotatable bonds is 8. The number of hydrogen-bond acceptors (Lipinski definition) is 6. The summed E-state index contributed by atoms with van der Waals surface area (Å²) >= 11 is 0. The third-order valence-electron chi connectivity index (χ3n) is 6.88. The van der Waals surface area contributed by atoms with Gasteiger partial charge in [0.2, 0.25) is 11.9 Å². The number of benzene rings is 1. The summed E-state index contributed by atoms with van der Waals surface area (Å²) in [6.45, 7) is 0.752. The Morgan fingerprint density at radius 2 is 1.79 bits per heavy atom. The molecule has 2 aliphatic rings. The van der Waals surface area contributed by atoms with E-state index in [9.17, 15) is 4.79 Å². The number of aryl methyl sites for hydroxylation is 1. The van der Waals surface area contributed by atoms with Crippen LogP contribution in [0.2, 0.25) is 0 Å². The maximum absolute atomic E-state index is 12.3. The van der Waals surface area contributed by atoms with Crippen LogP contribution in [0.3, 0.4) is 0 Å². The fourth-order valence-electron chi connectivity index (χ4n) is 4.95. The van der Waals surface area contributed by atoms with E-state index in [0.29, 0.717) is 18.4 Å². The minimum atomic E-state index is 0.0825. The van der Waals surface area contributed by atoms with E-state index < -0.39 is 0 Å². The van der Waals surface area contributed by atoms with Gasteiger partial charge in [0, 0.05) is 32.2 Å². The zero-order valence-corrected chi connectivity index (χ0v) is 20.2. The molecule has 1 fully saturated rings. The molecule has 7 heteroatoms. The van der Waals surface area contributed by atoms with E-state index in [0.717, 1.165) is 68.1 Å². The molecule has 1 aromatic heterocycles. The van der Waals surface area contributed by atoms with Crippen molar-refractivity contribution < 1.29 is 9.53 Å². The zero-order valence-electron chi connectivity index (χ0n) is 20.2. The maximum atomic E-state index is 12.3. The highest BCUT2D eigenvalue weighted by Gasteiger charge is 2.24. The van der Waals surface area contributed by atoms with Gasteiger partial charge in [0.05, 0.1) is 19.2 Å². The Morgan fingerprint density at radius 1 is 1.06 bits per heavy atom. The molecule has 1 aromatic carbocycles. The predicted molar refractivity (Wildman–Crippen MR) is 132 cm³/mol. The van der Waals surface area contributed by atoms with Crippen LogP contribution < -0.4 is 20.3 Å². The summed E-state index contributed by atoms with van der Waals surface area (Å²) in [6, 6.07) is 8.07. The molecule has 0 unspecified atom stereocenters. The van der Waals surface area contributed by atoms with Crippen molar-refractivity contribution >= 4 is 17.7 Å². The molecule has 33 heavy (non-hydrogen) atoms. The lowest BCUT2D eigenvalue weighted by molar-refractivity contribution is -0.120. The zero-order chi connectivity index (χ0) is 23.2. The van der Waals surface area contributed by atoms with Gasteiger partial charge in [-0.05, 0) is 75.0 Å². The molecular formula is C26H37N5O2. The van der Waals surface area contributed by atoms with Crippen molar-refractivity contribution in [3.63, 3.8) is 0 Å². The maximum Gasteiger partial charge on any atom is 0.225 e. The minimum absolute atomic E-state index is 0.0825. The van der Waals surface area contributed by atoms with E-state index in [4.69, 9.17) is 14.7 Å². The van der Waals surface area contributed by atoms with Crippen LogP contribution in [0.5, 0.6) is 5.75 Å². The topological polar surface area (TPSA) is 79.4 Å². The molecule has 0 aliphatic heterocycles. The molecule has 2 aliphatic carbocycles. The lowest BCUT2D eigenvalue weighted by Gasteiger charge is -2.30. The average Bonchev–Trinajstić information content (AvgIpc) is 2.83. The van der Waals surface area contributed by atoms with Gasteiger partial charge in [0.1, 0.15) is 11.6 Å². The second-order valence-corrected chi connectivity index (χ2v) is 9.59. The number of ether oxygens (including phenoxy) is 1. The Kier molecular flexibility index (Phi) is 7.68. The molecule has 1 saturated carbocycles. The second kappa shape index (κ2) is 10.9. The van der Waals surface area contributed by atoms with E-state index in [1.54, 1.807) is 7.11 Å². The number of carbonyl (C=O) groups is 1. The number of methoxy groups -OCH3 is 1. The van der Waals surface area contributed by atoms with Gasteiger partial charge in [-0.15, -0.1) is 0 Å². The summed E-state index contributed by atoms with van der Waals surface area (Å²) in [5, 5.41) is 6.73. The summed E-state index contributed by atoms with van der Waals surface area (Å²) in [4.78, 5) is 24.2. The van der Waals surface area contributed by atoms with E-state index in [1.165, 1.54) is 24.1 Å². The number of aromatic nitrogens is 2. The number of hydrogen-bond donors (Lipinski definition) is 2. The van der Waals surface area contributed by atoms with E-state index in [2.05, 4.69) is 29.6 Å². The quantitative estimate of drug-likeness (QED) is 0.636. The molecule has 0 saturated heterocycles. The van der Waals surface area contributed by atoms with Crippen LogP contribution in [-0.2, 0) is 24.1 Å². The highest BCUT2D eigenvalue weighted by Crippen LogP contribution is 2.30. The first-order valence-electron chi connectivity index (χ1n) is 12.2. The van der Waals surface area contributed by atoms with Crippen LogP contribution in [0.1, 0.15) is 55.3 Å². The molecule has 2 aromatic rings. The molecule has 7 nitrogen and oxygen atoms in total. The molecule has 0 bridgehead atoms. The molecule has 0 spiro atoms. The molecule has 2 N–H and O–H groups in total. The number of nitrogens with one attached hydrogen (secondary N) is 2. The summed E-state index contributed by atoms with van der Waals surface area (Å²) in [5.41, 5.74) is 3.55. The van der Waals surface area contributed by atoms with Gasteiger partial charge in [0.25, 0.3) is 0 Å². The van der Waals surface area contributed by atoms with Crippen molar-refractivity contribution in [3.05, 3.63) is 41.1 Å². The fourth-order valence-corrected chi connectivity index (χ4v) is 4.95. The van der Waals surface area contributed by atoms with Crippen molar-refractivity contribution in [2.45, 2.75) is 63.8 Å².